The number of esters is 1. The van der Waals surface area contributed by atoms with Gasteiger partial charge in [0.25, 0.3) is 5.56 Å². The van der Waals surface area contributed by atoms with E-state index < -0.39 is 0 Å². The number of nitrogens with two attached hydrogens (primary N) is 1. The van der Waals surface area contributed by atoms with E-state index in [9.17, 15) is 9.59 Å². The number of nitrogens with one attached hydrogen (secondary N) is 1. The molecule has 1 aliphatic carbocycles. The highest BCUT2D eigenvalue weighted by Crippen LogP contribution is 2.36. The minimum absolute atomic E-state index is 0.0811. The molecule has 0 atom stereocenters. The molecular formula is C15H18N4O3. The first-order valence-corrected chi connectivity index (χ1v) is 7.20. The number of carbonyl (C=O) groups excluding carboxylic acids is 1. The van der Waals surface area contributed by atoms with Gasteiger partial charge in [0.05, 0.1) is 12.3 Å². The quantitative estimate of drug-likeness (QED) is 0.804. The molecule has 0 radical (unpaired) electrons. The molecule has 1 aliphatic rings. The maximum atomic E-state index is 12.2. The number of nitrogen functional groups attached to an aromatic ring is 1. The Balaban J connectivity index is 2.28. The van der Waals surface area contributed by atoms with Crippen molar-refractivity contribution in [3.63, 3.8) is 0 Å². The summed E-state index contributed by atoms with van der Waals surface area (Å²) in [5, 5.41) is 0. The molecule has 3 rings (SSSR count). The number of fused-ring (bicyclic) bond motifs is 3. The van der Waals surface area contributed by atoms with E-state index in [2.05, 4.69) is 9.97 Å². The fourth-order valence-corrected chi connectivity index (χ4v) is 3.18. The van der Waals surface area contributed by atoms with Crippen LogP contribution in [0.4, 0.5) is 5.95 Å². The molecule has 0 spiro atoms. The summed E-state index contributed by atoms with van der Waals surface area (Å²) in [6, 6.07) is 0. The average Bonchev–Trinajstić information content (AvgIpc) is 2.71. The molecule has 0 saturated heterocycles. The number of rotatable bonds is 2. The minimum Gasteiger partial charge on any atom is -0.461 e. The average molecular weight is 302 g/mol. The summed E-state index contributed by atoms with van der Waals surface area (Å²) < 4.78 is 6.97. The van der Waals surface area contributed by atoms with E-state index in [0.29, 0.717) is 36.4 Å². The second kappa shape index (κ2) is 5.01. The SMILES string of the molecule is CCOC(=O)c1c(C)c2c(n1C)CCc1c-2nc(N)[nH]c1=O. The van der Waals surface area contributed by atoms with Gasteiger partial charge in [-0.2, -0.15) is 0 Å². The molecule has 116 valence electrons. The zero-order chi connectivity index (χ0) is 16.0. The molecular weight excluding hydrogens is 284 g/mol. The molecule has 7 heteroatoms. The lowest BCUT2D eigenvalue weighted by Crippen LogP contribution is -2.22. The van der Waals surface area contributed by atoms with Gasteiger partial charge >= 0.3 is 5.97 Å². The molecule has 0 aliphatic heterocycles. The molecule has 0 unspecified atom stereocenters. The number of H-pyrrole nitrogens is 1. The predicted octanol–water partition coefficient (Wildman–Crippen LogP) is 0.941. The Morgan fingerprint density at radius 2 is 2.18 bits per heavy atom. The fraction of sp³-hybridized carbons (Fsp3) is 0.400. The van der Waals surface area contributed by atoms with E-state index in [0.717, 1.165) is 16.8 Å². The third-order valence-electron chi connectivity index (χ3n) is 4.11. The van der Waals surface area contributed by atoms with Crippen molar-refractivity contribution in [3.05, 3.63) is 32.9 Å². The number of aromatic amines is 1. The number of nitrogens with zero attached hydrogens (tertiary/aromatic N) is 2. The Morgan fingerprint density at radius 3 is 2.86 bits per heavy atom. The van der Waals surface area contributed by atoms with Crippen molar-refractivity contribution >= 4 is 11.9 Å². The van der Waals surface area contributed by atoms with E-state index in [1.165, 1.54) is 0 Å². The zero-order valence-electron chi connectivity index (χ0n) is 12.8. The Kier molecular flexibility index (Phi) is 3.27. The summed E-state index contributed by atoms with van der Waals surface area (Å²) in [4.78, 5) is 31.1. The Bertz CT molecular complexity index is 832. The second-order valence-corrected chi connectivity index (χ2v) is 5.35. The van der Waals surface area contributed by atoms with Gasteiger partial charge in [-0.1, -0.05) is 0 Å². The molecule has 0 saturated carbocycles. The summed E-state index contributed by atoms with van der Waals surface area (Å²) in [5.74, 6) is -0.284. The first-order chi connectivity index (χ1) is 10.5. The maximum Gasteiger partial charge on any atom is 0.355 e. The normalized spacial score (nSPS) is 12.7. The zero-order valence-corrected chi connectivity index (χ0v) is 12.8. The van der Waals surface area contributed by atoms with Gasteiger partial charge in [-0.3, -0.25) is 9.78 Å². The molecule has 3 N–H and O–H groups in total. The van der Waals surface area contributed by atoms with Gasteiger partial charge in [-0.25, -0.2) is 9.78 Å². The van der Waals surface area contributed by atoms with Crippen LogP contribution in [0.5, 0.6) is 0 Å². The lowest BCUT2D eigenvalue weighted by Gasteiger charge is -2.17. The Morgan fingerprint density at radius 1 is 1.45 bits per heavy atom. The summed E-state index contributed by atoms with van der Waals surface area (Å²) in [6.45, 7) is 3.93. The molecule has 0 amide bonds. The van der Waals surface area contributed by atoms with Gasteiger partial charge in [-0.05, 0) is 32.3 Å². The molecule has 22 heavy (non-hydrogen) atoms. The highest BCUT2D eigenvalue weighted by molar-refractivity contribution is 5.93. The van der Waals surface area contributed by atoms with Crippen molar-refractivity contribution < 1.29 is 9.53 Å². The van der Waals surface area contributed by atoms with Crippen molar-refractivity contribution in [3.8, 4) is 11.3 Å². The van der Waals surface area contributed by atoms with Gasteiger partial charge in [-0.15, -0.1) is 0 Å². The van der Waals surface area contributed by atoms with Crippen LogP contribution < -0.4 is 11.3 Å². The Hall–Kier alpha value is -2.57. The third-order valence-corrected chi connectivity index (χ3v) is 4.11. The van der Waals surface area contributed by atoms with Crippen LogP contribution in [0.1, 0.15) is 34.2 Å². The second-order valence-electron chi connectivity index (χ2n) is 5.35. The van der Waals surface area contributed by atoms with Gasteiger partial charge in [0.2, 0.25) is 5.95 Å². The lowest BCUT2D eigenvalue weighted by atomic mass is 9.92. The summed E-state index contributed by atoms with van der Waals surface area (Å²) in [6.07, 6.45) is 1.25. The van der Waals surface area contributed by atoms with E-state index >= 15 is 0 Å². The van der Waals surface area contributed by atoms with Gasteiger partial charge in [0.15, 0.2) is 0 Å². The monoisotopic (exact) mass is 302 g/mol. The third kappa shape index (κ3) is 1.93. The summed E-state index contributed by atoms with van der Waals surface area (Å²) in [7, 11) is 1.83. The van der Waals surface area contributed by atoms with Crippen molar-refractivity contribution in [2.45, 2.75) is 26.7 Å². The highest BCUT2D eigenvalue weighted by atomic mass is 16.5. The minimum atomic E-state index is -0.365. The largest absolute Gasteiger partial charge is 0.461 e. The number of hydrogen-bond acceptors (Lipinski definition) is 5. The van der Waals surface area contributed by atoms with Gasteiger partial charge in [0, 0.05) is 23.9 Å². The van der Waals surface area contributed by atoms with Crippen LogP contribution in [0.15, 0.2) is 4.79 Å². The molecule has 0 fully saturated rings. The predicted molar refractivity (Wildman–Crippen MR) is 81.8 cm³/mol. The van der Waals surface area contributed by atoms with Crippen LogP contribution in [-0.4, -0.2) is 27.1 Å². The molecule has 7 nitrogen and oxygen atoms in total. The van der Waals surface area contributed by atoms with Crippen molar-refractivity contribution in [1.82, 2.24) is 14.5 Å². The standard InChI is InChI=1S/C15H18N4O3/c1-4-22-14(21)12-7(2)10-9(19(12)3)6-5-8-11(10)17-15(16)18-13(8)20/h4-6H2,1-3H3,(H3,16,17,18,20). The first-order valence-electron chi connectivity index (χ1n) is 7.20. The van der Waals surface area contributed by atoms with E-state index in [1.54, 1.807) is 6.92 Å². The smallest absolute Gasteiger partial charge is 0.355 e. The van der Waals surface area contributed by atoms with Crippen molar-refractivity contribution in [2.24, 2.45) is 7.05 Å². The Labute approximate surface area is 127 Å². The molecule has 0 aromatic carbocycles. The first kappa shape index (κ1) is 14.4. The van der Waals surface area contributed by atoms with E-state index in [4.69, 9.17) is 10.5 Å². The number of ether oxygens (including phenoxy) is 1. The summed E-state index contributed by atoms with van der Waals surface area (Å²) >= 11 is 0. The van der Waals surface area contributed by atoms with Crippen LogP contribution in [-0.2, 0) is 24.6 Å². The lowest BCUT2D eigenvalue weighted by molar-refractivity contribution is 0.0514. The van der Waals surface area contributed by atoms with E-state index in [-0.39, 0.29) is 17.5 Å². The summed E-state index contributed by atoms with van der Waals surface area (Å²) in [5.41, 5.74) is 9.73. The van der Waals surface area contributed by atoms with Crippen LogP contribution >= 0.6 is 0 Å². The molecule has 2 aromatic rings. The van der Waals surface area contributed by atoms with Gasteiger partial charge in [0.1, 0.15) is 5.69 Å². The van der Waals surface area contributed by atoms with E-state index in [1.807, 2.05) is 18.5 Å². The number of aromatic nitrogens is 3. The van der Waals surface area contributed by atoms with Crippen LogP contribution in [0.3, 0.4) is 0 Å². The van der Waals surface area contributed by atoms with Crippen molar-refractivity contribution in [2.75, 3.05) is 12.3 Å². The fourth-order valence-electron chi connectivity index (χ4n) is 3.18. The highest BCUT2D eigenvalue weighted by Gasteiger charge is 2.30. The van der Waals surface area contributed by atoms with Crippen LogP contribution in [0.2, 0.25) is 0 Å². The maximum absolute atomic E-state index is 12.2. The molecule has 0 bridgehead atoms. The van der Waals surface area contributed by atoms with Gasteiger partial charge < -0.3 is 15.0 Å². The topological polar surface area (TPSA) is 103 Å². The molecule has 2 heterocycles. The molecule has 2 aromatic heterocycles. The number of carbonyl (C=O) groups is 1. The van der Waals surface area contributed by atoms with Crippen LogP contribution in [0, 0.1) is 6.92 Å². The van der Waals surface area contributed by atoms with Crippen molar-refractivity contribution in [1.29, 1.82) is 0 Å². The number of hydrogen-bond donors (Lipinski definition) is 2. The number of anilines is 1. The van der Waals surface area contributed by atoms with Crippen LogP contribution in [0.25, 0.3) is 11.3 Å².